The summed E-state index contributed by atoms with van der Waals surface area (Å²) in [5, 5.41) is 8.63. The zero-order valence-electron chi connectivity index (χ0n) is 14.5. The van der Waals surface area contributed by atoms with E-state index < -0.39 is 0 Å². The number of aromatic nitrogens is 2. The van der Waals surface area contributed by atoms with Gasteiger partial charge in [-0.15, -0.1) is 0 Å². The number of nitrogens with one attached hydrogen (secondary N) is 1. The Morgan fingerprint density at radius 3 is 2.88 bits per heavy atom. The van der Waals surface area contributed by atoms with Crippen molar-refractivity contribution in [1.82, 2.24) is 15.1 Å². The first kappa shape index (κ1) is 16.9. The van der Waals surface area contributed by atoms with Gasteiger partial charge in [0.2, 0.25) is 0 Å². The molecule has 3 aromatic rings. The summed E-state index contributed by atoms with van der Waals surface area (Å²) in [6.07, 6.45) is 2.71. The molecule has 0 fully saturated rings. The summed E-state index contributed by atoms with van der Waals surface area (Å²) in [7, 11) is 1.66. The highest BCUT2D eigenvalue weighted by Crippen LogP contribution is 2.39. The molecule has 1 aliphatic heterocycles. The largest absolute Gasteiger partial charge is 0.493 e. The van der Waals surface area contributed by atoms with Crippen LogP contribution in [0, 0.1) is 0 Å². The fraction of sp³-hybridized carbons (Fsp3) is 0.250. The lowest BCUT2D eigenvalue weighted by atomic mass is 10.00. The van der Waals surface area contributed by atoms with Gasteiger partial charge in [0.15, 0.2) is 11.5 Å². The van der Waals surface area contributed by atoms with Crippen molar-refractivity contribution < 1.29 is 9.47 Å². The zero-order chi connectivity index (χ0) is 17.9. The molecule has 1 unspecified atom stereocenters. The first-order chi connectivity index (χ1) is 12.8. The molecule has 2 aromatic carbocycles. The Labute approximate surface area is 157 Å². The van der Waals surface area contributed by atoms with Crippen LogP contribution < -0.4 is 14.8 Å². The number of methoxy groups -OCH3 is 1. The van der Waals surface area contributed by atoms with Crippen LogP contribution in [0.25, 0.3) is 5.69 Å². The number of nitrogens with zero attached hydrogens (tertiary/aromatic N) is 2. The minimum atomic E-state index is 0.185. The maximum atomic E-state index is 6.54. The summed E-state index contributed by atoms with van der Waals surface area (Å²) in [5.74, 6) is 1.59. The van der Waals surface area contributed by atoms with Gasteiger partial charge in [0, 0.05) is 30.1 Å². The third-order valence-electron chi connectivity index (χ3n) is 4.58. The van der Waals surface area contributed by atoms with Crippen molar-refractivity contribution in [1.29, 1.82) is 0 Å². The molecule has 4 rings (SSSR count). The maximum Gasteiger partial charge on any atom is 0.165 e. The average Bonchev–Trinajstić information content (AvgIpc) is 3.07. The zero-order valence-corrected chi connectivity index (χ0v) is 15.2. The minimum absolute atomic E-state index is 0.185. The molecule has 1 aliphatic rings. The highest BCUT2D eigenvalue weighted by molar-refractivity contribution is 6.30. The van der Waals surface area contributed by atoms with Gasteiger partial charge in [-0.3, -0.25) is 0 Å². The van der Waals surface area contributed by atoms with E-state index in [-0.39, 0.29) is 6.04 Å². The van der Waals surface area contributed by atoms with Gasteiger partial charge in [-0.2, -0.15) is 5.10 Å². The van der Waals surface area contributed by atoms with Crippen LogP contribution >= 0.6 is 11.6 Å². The molecule has 0 saturated heterocycles. The third kappa shape index (κ3) is 3.16. The Hall–Kier alpha value is -2.50. The highest BCUT2D eigenvalue weighted by atomic mass is 35.5. The Kier molecular flexibility index (Phi) is 4.82. The second-order valence-electron chi connectivity index (χ2n) is 6.16. The molecule has 0 aliphatic carbocycles. The molecule has 0 spiro atoms. The maximum absolute atomic E-state index is 6.54. The summed E-state index contributed by atoms with van der Waals surface area (Å²) in [6.45, 7) is 1.29. The van der Waals surface area contributed by atoms with Gasteiger partial charge in [0.05, 0.1) is 25.6 Å². The number of hydrogen-bond acceptors (Lipinski definition) is 4. The molecule has 6 heteroatoms. The van der Waals surface area contributed by atoms with Crippen molar-refractivity contribution in [3.8, 4) is 17.2 Å². The number of benzene rings is 2. The first-order valence-electron chi connectivity index (χ1n) is 8.59. The Morgan fingerprint density at radius 1 is 1.23 bits per heavy atom. The first-order valence-corrected chi connectivity index (χ1v) is 8.96. The second-order valence-corrected chi connectivity index (χ2v) is 6.52. The van der Waals surface area contributed by atoms with Gasteiger partial charge < -0.3 is 14.8 Å². The molecule has 1 atom stereocenters. The Balaban J connectivity index is 1.52. The lowest BCUT2D eigenvalue weighted by Gasteiger charge is -2.27. The summed E-state index contributed by atoms with van der Waals surface area (Å²) in [5.41, 5.74) is 3.03. The highest BCUT2D eigenvalue weighted by Gasteiger charge is 2.24. The fourth-order valence-corrected chi connectivity index (χ4v) is 3.49. The number of halogens is 1. The number of para-hydroxylation sites is 2. The van der Waals surface area contributed by atoms with Crippen molar-refractivity contribution in [2.75, 3.05) is 13.7 Å². The molecule has 26 heavy (non-hydrogen) atoms. The minimum Gasteiger partial charge on any atom is -0.493 e. The van der Waals surface area contributed by atoms with Crippen molar-refractivity contribution in [3.63, 3.8) is 0 Å². The summed E-state index contributed by atoms with van der Waals surface area (Å²) >= 11 is 6.54. The fourth-order valence-electron chi connectivity index (χ4n) is 3.24. The summed E-state index contributed by atoms with van der Waals surface area (Å²) < 4.78 is 13.0. The van der Waals surface area contributed by atoms with E-state index in [2.05, 4.69) is 16.5 Å². The standard InChI is InChI=1S/C20H20ClN3O2/c1-25-18-9-5-8-16-17(10-11-26-19(16)18)22-12-14-13-23-24(20(14)21)15-6-3-2-4-7-15/h2-9,13,17,22H,10-12H2,1H3. The summed E-state index contributed by atoms with van der Waals surface area (Å²) in [6, 6.07) is 16.0. The van der Waals surface area contributed by atoms with Crippen LogP contribution in [-0.4, -0.2) is 23.5 Å². The summed E-state index contributed by atoms with van der Waals surface area (Å²) in [4.78, 5) is 0. The predicted octanol–water partition coefficient (Wildman–Crippen LogP) is 4.15. The molecule has 134 valence electrons. The third-order valence-corrected chi connectivity index (χ3v) is 4.98. The van der Waals surface area contributed by atoms with Gasteiger partial charge >= 0.3 is 0 Å². The van der Waals surface area contributed by atoms with Crippen molar-refractivity contribution in [3.05, 3.63) is 71.0 Å². The second kappa shape index (κ2) is 7.40. The van der Waals surface area contributed by atoms with Crippen molar-refractivity contribution in [2.45, 2.75) is 19.0 Å². The van der Waals surface area contributed by atoms with Gasteiger partial charge in [-0.25, -0.2) is 4.68 Å². The molecule has 0 saturated carbocycles. The Bertz CT molecular complexity index is 895. The molecule has 2 heterocycles. The van der Waals surface area contributed by atoms with E-state index in [1.54, 1.807) is 11.8 Å². The predicted molar refractivity (Wildman–Crippen MR) is 101 cm³/mol. The lowest BCUT2D eigenvalue weighted by molar-refractivity contribution is 0.239. The molecular weight excluding hydrogens is 350 g/mol. The van der Waals surface area contributed by atoms with Crippen LogP contribution in [0.5, 0.6) is 11.5 Å². The van der Waals surface area contributed by atoms with Crippen LogP contribution in [0.1, 0.15) is 23.6 Å². The Morgan fingerprint density at radius 2 is 2.08 bits per heavy atom. The van der Waals surface area contributed by atoms with Gasteiger partial charge in [0.1, 0.15) is 5.15 Å². The molecule has 1 N–H and O–H groups in total. The van der Waals surface area contributed by atoms with E-state index in [1.807, 2.05) is 48.7 Å². The van der Waals surface area contributed by atoms with E-state index in [0.29, 0.717) is 18.3 Å². The number of hydrogen-bond donors (Lipinski definition) is 1. The van der Waals surface area contributed by atoms with Crippen LogP contribution in [0.2, 0.25) is 5.15 Å². The number of rotatable bonds is 5. The van der Waals surface area contributed by atoms with Crippen molar-refractivity contribution >= 4 is 11.6 Å². The average molecular weight is 370 g/mol. The van der Waals surface area contributed by atoms with Crippen LogP contribution in [-0.2, 0) is 6.54 Å². The van der Waals surface area contributed by atoms with E-state index in [4.69, 9.17) is 21.1 Å². The normalized spacial score (nSPS) is 16.0. The molecule has 5 nitrogen and oxygen atoms in total. The monoisotopic (exact) mass is 369 g/mol. The molecule has 0 amide bonds. The lowest BCUT2D eigenvalue weighted by Crippen LogP contribution is -2.27. The van der Waals surface area contributed by atoms with E-state index in [1.165, 1.54) is 0 Å². The molecular formula is C20H20ClN3O2. The topological polar surface area (TPSA) is 48.3 Å². The number of fused-ring (bicyclic) bond motifs is 1. The molecule has 1 aromatic heterocycles. The van der Waals surface area contributed by atoms with E-state index in [9.17, 15) is 0 Å². The molecule has 0 radical (unpaired) electrons. The van der Waals surface area contributed by atoms with Crippen LogP contribution in [0.15, 0.2) is 54.7 Å². The smallest absolute Gasteiger partial charge is 0.165 e. The van der Waals surface area contributed by atoms with Gasteiger partial charge in [-0.1, -0.05) is 41.9 Å². The SMILES string of the molecule is COc1cccc2c1OCCC2NCc1cnn(-c2ccccc2)c1Cl. The van der Waals surface area contributed by atoms with Gasteiger partial charge in [0.25, 0.3) is 0 Å². The van der Waals surface area contributed by atoms with Crippen molar-refractivity contribution in [2.24, 2.45) is 0 Å². The van der Waals surface area contributed by atoms with Crippen LogP contribution in [0.3, 0.4) is 0 Å². The quantitative estimate of drug-likeness (QED) is 0.734. The van der Waals surface area contributed by atoms with Crippen LogP contribution in [0.4, 0.5) is 0 Å². The number of ether oxygens (including phenoxy) is 2. The van der Waals surface area contributed by atoms with Gasteiger partial charge in [-0.05, 0) is 18.2 Å². The molecule has 0 bridgehead atoms. The van der Waals surface area contributed by atoms with E-state index in [0.717, 1.165) is 34.7 Å². The van der Waals surface area contributed by atoms with E-state index >= 15 is 0 Å².